The van der Waals surface area contributed by atoms with Gasteiger partial charge in [0.05, 0.1) is 6.04 Å². The molecule has 3 rings (SSSR count). The van der Waals surface area contributed by atoms with Gasteiger partial charge in [-0.1, -0.05) is 6.42 Å². The second-order valence-electron chi connectivity index (χ2n) is 4.92. The van der Waals surface area contributed by atoms with Gasteiger partial charge >= 0.3 is 0 Å². The number of nitrogens with one attached hydrogen (secondary N) is 1. The minimum atomic E-state index is 0.169. The molecule has 3 heteroatoms. The van der Waals surface area contributed by atoms with E-state index in [1.165, 1.54) is 25.7 Å². The number of nitrogens with zero attached hydrogens (tertiary/aromatic N) is 1. The average Bonchev–Trinajstić information content (AvgIpc) is 2.57. The Labute approximate surface area is 84.8 Å². The monoisotopic (exact) mass is 194 g/mol. The van der Waals surface area contributed by atoms with Gasteiger partial charge in [-0.05, 0) is 37.6 Å². The first-order valence-corrected chi connectivity index (χ1v) is 5.88. The van der Waals surface area contributed by atoms with Crippen molar-refractivity contribution in [3.8, 4) is 0 Å². The van der Waals surface area contributed by atoms with E-state index in [4.69, 9.17) is 0 Å². The molecule has 0 aromatic carbocycles. The highest BCUT2D eigenvalue weighted by Gasteiger charge is 2.44. The summed E-state index contributed by atoms with van der Waals surface area (Å²) in [5.41, 5.74) is 0. The van der Waals surface area contributed by atoms with Crippen LogP contribution >= 0.6 is 0 Å². The Morgan fingerprint density at radius 3 is 2.79 bits per heavy atom. The molecular formula is C11H18N2O. The second kappa shape index (κ2) is 3.23. The van der Waals surface area contributed by atoms with Crippen LogP contribution in [0.2, 0.25) is 0 Å². The van der Waals surface area contributed by atoms with E-state index in [-0.39, 0.29) is 6.04 Å². The highest BCUT2D eigenvalue weighted by molar-refractivity contribution is 5.83. The Balaban J connectivity index is 1.69. The molecule has 2 saturated heterocycles. The van der Waals surface area contributed by atoms with Crippen LogP contribution < -0.4 is 5.32 Å². The fourth-order valence-corrected chi connectivity index (χ4v) is 3.19. The fourth-order valence-electron chi connectivity index (χ4n) is 3.19. The molecule has 0 spiro atoms. The van der Waals surface area contributed by atoms with Crippen molar-refractivity contribution in [2.75, 3.05) is 19.6 Å². The van der Waals surface area contributed by atoms with Crippen LogP contribution in [0, 0.1) is 11.8 Å². The third-order valence-corrected chi connectivity index (χ3v) is 4.18. The van der Waals surface area contributed by atoms with Crippen LogP contribution in [0.25, 0.3) is 0 Å². The lowest BCUT2D eigenvalue weighted by molar-refractivity contribution is -0.137. The number of carbonyl (C=O) groups excluding carboxylic acids is 1. The SMILES string of the molecule is O=C(C1NCC2CCCC21)N1CCC1. The highest BCUT2D eigenvalue weighted by atomic mass is 16.2. The Kier molecular flexibility index (Phi) is 2.01. The predicted molar refractivity (Wildman–Crippen MR) is 53.8 cm³/mol. The molecule has 14 heavy (non-hydrogen) atoms. The first-order chi connectivity index (χ1) is 6.86. The Morgan fingerprint density at radius 1 is 1.21 bits per heavy atom. The Bertz CT molecular complexity index is 250. The zero-order valence-electron chi connectivity index (χ0n) is 8.54. The van der Waals surface area contributed by atoms with Gasteiger partial charge < -0.3 is 10.2 Å². The second-order valence-corrected chi connectivity index (χ2v) is 4.92. The van der Waals surface area contributed by atoms with E-state index in [1.807, 2.05) is 4.90 Å². The van der Waals surface area contributed by atoms with Gasteiger partial charge in [0.15, 0.2) is 0 Å². The first kappa shape index (κ1) is 8.72. The highest BCUT2D eigenvalue weighted by Crippen LogP contribution is 2.38. The number of carbonyl (C=O) groups is 1. The third-order valence-electron chi connectivity index (χ3n) is 4.18. The number of hydrogen-bond acceptors (Lipinski definition) is 2. The predicted octanol–water partition coefficient (Wildman–Crippen LogP) is 0.607. The largest absolute Gasteiger partial charge is 0.341 e. The molecule has 78 valence electrons. The van der Waals surface area contributed by atoms with Crippen LogP contribution in [0.1, 0.15) is 25.7 Å². The smallest absolute Gasteiger partial charge is 0.240 e. The van der Waals surface area contributed by atoms with Crippen LogP contribution in [0.15, 0.2) is 0 Å². The van der Waals surface area contributed by atoms with Gasteiger partial charge in [-0.3, -0.25) is 4.79 Å². The van der Waals surface area contributed by atoms with Crippen molar-refractivity contribution in [3.63, 3.8) is 0 Å². The number of rotatable bonds is 1. The molecule has 0 radical (unpaired) electrons. The van der Waals surface area contributed by atoms with Crippen molar-refractivity contribution in [2.45, 2.75) is 31.7 Å². The molecule has 3 unspecified atom stereocenters. The zero-order chi connectivity index (χ0) is 9.54. The molecule has 0 bridgehead atoms. The summed E-state index contributed by atoms with van der Waals surface area (Å²) in [7, 11) is 0. The summed E-state index contributed by atoms with van der Waals surface area (Å²) in [6.07, 6.45) is 5.14. The summed E-state index contributed by atoms with van der Waals surface area (Å²) in [4.78, 5) is 14.0. The zero-order valence-corrected chi connectivity index (χ0v) is 8.54. The summed E-state index contributed by atoms with van der Waals surface area (Å²) in [6.45, 7) is 3.07. The lowest BCUT2D eigenvalue weighted by Gasteiger charge is -2.34. The van der Waals surface area contributed by atoms with E-state index in [9.17, 15) is 4.79 Å². The molecule has 3 atom stereocenters. The Hall–Kier alpha value is -0.570. The number of amides is 1. The van der Waals surface area contributed by atoms with E-state index in [2.05, 4.69) is 5.32 Å². The molecule has 3 nitrogen and oxygen atoms in total. The number of hydrogen-bond donors (Lipinski definition) is 1. The van der Waals surface area contributed by atoms with E-state index < -0.39 is 0 Å². The van der Waals surface area contributed by atoms with E-state index in [0.717, 1.165) is 25.6 Å². The average molecular weight is 194 g/mol. The molecule has 1 aliphatic carbocycles. The summed E-state index contributed by atoms with van der Waals surface area (Å²) in [5, 5.41) is 3.42. The molecule has 2 heterocycles. The van der Waals surface area contributed by atoms with Gasteiger partial charge in [0.25, 0.3) is 0 Å². The quantitative estimate of drug-likeness (QED) is 0.663. The van der Waals surface area contributed by atoms with Gasteiger partial charge in [-0.25, -0.2) is 0 Å². The van der Waals surface area contributed by atoms with Crippen molar-refractivity contribution in [1.82, 2.24) is 10.2 Å². The molecule has 1 amide bonds. The van der Waals surface area contributed by atoms with Gasteiger partial charge in [-0.2, -0.15) is 0 Å². The van der Waals surface area contributed by atoms with E-state index in [0.29, 0.717) is 11.8 Å². The van der Waals surface area contributed by atoms with Crippen LogP contribution in [-0.2, 0) is 4.79 Å². The van der Waals surface area contributed by atoms with Crippen LogP contribution in [0.3, 0.4) is 0 Å². The summed E-state index contributed by atoms with van der Waals surface area (Å²) in [5.74, 6) is 1.83. The molecule has 2 aliphatic heterocycles. The number of fused-ring (bicyclic) bond motifs is 1. The summed E-state index contributed by atoms with van der Waals surface area (Å²) < 4.78 is 0. The molecule has 3 fully saturated rings. The van der Waals surface area contributed by atoms with Crippen molar-refractivity contribution in [1.29, 1.82) is 0 Å². The Morgan fingerprint density at radius 2 is 2.07 bits per heavy atom. The van der Waals surface area contributed by atoms with Gasteiger partial charge in [0.1, 0.15) is 0 Å². The van der Waals surface area contributed by atoms with E-state index >= 15 is 0 Å². The molecular weight excluding hydrogens is 176 g/mol. The normalized spacial score (nSPS) is 40.9. The molecule has 3 aliphatic rings. The van der Waals surface area contributed by atoms with Crippen molar-refractivity contribution < 1.29 is 4.79 Å². The van der Waals surface area contributed by atoms with Gasteiger partial charge in [0.2, 0.25) is 5.91 Å². The molecule has 1 N–H and O–H groups in total. The fraction of sp³-hybridized carbons (Fsp3) is 0.909. The topological polar surface area (TPSA) is 32.3 Å². The molecule has 1 saturated carbocycles. The lowest BCUT2D eigenvalue weighted by Crippen LogP contribution is -2.51. The lowest BCUT2D eigenvalue weighted by atomic mass is 9.93. The summed E-state index contributed by atoms with van der Waals surface area (Å²) in [6, 6.07) is 0.169. The molecule has 0 aromatic heterocycles. The third kappa shape index (κ3) is 1.18. The van der Waals surface area contributed by atoms with E-state index in [1.54, 1.807) is 0 Å². The maximum absolute atomic E-state index is 12.0. The minimum Gasteiger partial charge on any atom is -0.341 e. The van der Waals surface area contributed by atoms with Crippen molar-refractivity contribution in [2.24, 2.45) is 11.8 Å². The van der Waals surface area contributed by atoms with Crippen LogP contribution in [-0.4, -0.2) is 36.5 Å². The van der Waals surface area contributed by atoms with Crippen LogP contribution in [0.4, 0.5) is 0 Å². The van der Waals surface area contributed by atoms with Gasteiger partial charge in [-0.15, -0.1) is 0 Å². The van der Waals surface area contributed by atoms with Crippen molar-refractivity contribution in [3.05, 3.63) is 0 Å². The maximum atomic E-state index is 12.0. The van der Waals surface area contributed by atoms with Gasteiger partial charge in [0, 0.05) is 13.1 Å². The summed E-state index contributed by atoms with van der Waals surface area (Å²) >= 11 is 0. The standard InChI is InChI=1S/C11H18N2O/c14-11(13-5-2-6-13)10-9-4-1-3-8(9)7-12-10/h8-10,12H,1-7H2. The number of likely N-dealkylation sites (tertiary alicyclic amines) is 1. The maximum Gasteiger partial charge on any atom is 0.240 e. The van der Waals surface area contributed by atoms with Crippen molar-refractivity contribution >= 4 is 5.91 Å². The first-order valence-electron chi connectivity index (χ1n) is 5.88. The molecule has 0 aromatic rings. The van der Waals surface area contributed by atoms with Crippen LogP contribution in [0.5, 0.6) is 0 Å². The minimum absolute atomic E-state index is 0.169.